The lowest BCUT2D eigenvalue weighted by Gasteiger charge is -2.70. The average molecular weight is 719 g/mol. The molecule has 7 saturated heterocycles. The fourth-order valence-corrected chi connectivity index (χ4v) is 16.8. The van der Waals surface area contributed by atoms with Crippen LogP contribution in [-0.4, -0.2) is 111 Å². The third kappa shape index (κ3) is 3.07. The molecule has 1 saturated carbocycles. The van der Waals surface area contributed by atoms with Gasteiger partial charge in [-0.25, -0.2) is 4.79 Å². The molecule has 2 aliphatic carbocycles. The first kappa shape index (κ1) is 31.1. The zero-order chi connectivity index (χ0) is 35.3. The standard InChI is InChI=1S/C43H50N4O6/c1-50-30-9-5-7-28-32(30)47-24-38(20-25-21-39-13-18-52-31(39)10-15-45-17-12-42(28,36(39)45)43(25,47)49)23-46-16-11-41-27-6-3-4-8-29(27)44-33(41)26(34(48)51-2)22-40(35(41)46)14-19-53-37(38)40/h3-9,25,31,35-37,44,49H,10-24H2,1-2H3/t25-,31+,35+,36+,37+,38+,39-,40+,41+,42-,43-/m1/s1. The monoisotopic (exact) mass is 718 g/mol. The van der Waals surface area contributed by atoms with Gasteiger partial charge in [0.1, 0.15) is 5.75 Å². The minimum atomic E-state index is -1.04. The summed E-state index contributed by atoms with van der Waals surface area (Å²) in [5.74, 6) is 0.674. The van der Waals surface area contributed by atoms with Gasteiger partial charge in [-0.1, -0.05) is 30.3 Å². The molecule has 8 fully saturated rings. The van der Waals surface area contributed by atoms with E-state index in [-0.39, 0.29) is 57.8 Å². The molecule has 13 rings (SSSR count). The average Bonchev–Trinajstić information content (AvgIpc) is 4.02. The quantitative estimate of drug-likeness (QED) is 0.441. The van der Waals surface area contributed by atoms with Crippen molar-refractivity contribution in [1.29, 1.82) is 0 Å². The van der Waals surface area contributed by atoms with Gasteiger partial charge in [0.2, 0.25) is 0 Å². The van der Waals surface area contributed by atoms with E-state index in [1.807, 2.05) is 0 Å². The van der Waals surface area contributed by atoms with E-state index >= 15 is 0 Å². The number of methoxy groups -OCH3 is 2. The zero-order valence-electron chi connectivity index (χ0n) is 30.9. The highest BCUT2D eigenvalue weighted by atomic mass is 16.5. The van der Waals surface area contributed by atoms with E-state index in [0.29, 0.717) is 19.6 Å². The van der Waals surface area contributed by atoms with E-state index in [0.717, 1.165) is 106 Å². The van der Waals surface area contributed by atoms with Crippen molar-refractivity contribution >= 4 is 17.3 Å². The number of esters is 1. The van der Waals surface area contributed by atoms with Gasteiger partial charge in [-0.3, -0.25) is 9.80 Å². The number of piperidine rings is 3. The first-order valence-electron chi connectivity index (χ1n) is 20.4. The van der Waals surface area contributed by atoms with Gasteiger partial charge in [0.05, 0.1) is 48.5 Å². The molecule has 0 unspecified atom stereocenters. The first-order chi connectivity index (χ1) is 25.8. The number of hydrogen-bond donors (Lipinski definition) is 2. The molecule has 2 N–H and O–H groups in total. The number of nitrogens with zero attached hydrogens (tertiary/aromatic N) is 3. The molecular formula is C43H50N4O6. The predicted octanol–water partition coefficient (Wildman–Crippen LogP) is 4.16. The smallest absolute Gasteiger partial charge is 0.335 e. The summed E-state index contributed by atoms with van der Waals surface area (Å²) in [6.07, 6.45) is 7.62. The highest BCUT2D eigenvalue weighted by molar-refractivity contribution is 5.93. The van der Waals surface area contributed by atoms with Crippen LogP contribution in [0.2, 0.25) is 0 Å². The molecule has 9 heterocycles. The molecule has 11 atom stereocenters. The molecule has 9 aliphatic heterocycles. The normalized spacial score (nSPS) is 47.6. The molecule has 53 heavy (non-hydrogen) atoms. The van der Waals surface area contributed by atoms with Crippen molar-refractivity contribution in [1.82, 2.24) is 9.80 Å². The second-order valence-corrected chi connectivity index (χ2v) is 18.9. The molecule has 2 aromatic carbocycles. The molecule has 0 bridgehead atoms. The number of carbonyl (C=O) groups excluding carboxylic acids is 1. The molecule has 0 amide bonds. The molecule has 0 aromatic heterocycles. The van der Waals surface area contributed by atoms with E-state index in [9.17, 15) is 9.90 Å². The number of nitrogens with one attached hydrogen (secondary N) is 1. The number of benzene rings is 2. The van der Waals surface area contributed by atoms with Crippen molar-refractivity contribution in [2.45, 2.75) is 92.2 Å². The van der Waals surface area contributed by atoms with Crippen molar-refractivity contribution in [3.05, 3.63) is 64.9 Å². The first-order valence-corrected chi connectivity index (χ1v) is 20.4. The lowest BCUT2D eigenvalue weighted by molar-refractivity contribution is -0.232. The van der Waals surface area contributed by atoms with E-state index in [1.54, 1.807) is 7.11 Å². The Bertz CT molecular complexity index is 2060. The molecule has 5 spiro atoms. The number of anilines is 2. The minimum absolute atomic E-state index is 0.00339. The van der Waals surface area contributed by atoms with Crippen LogP contribution in [0.1, 0.15) is 62.5 Å². The fourth-order valence-electron chi connectivity index (χ4n) is 16.8. The van der Waals surface area contributed by atoms with Gasteiger partial charge in [0.15, 0.2) is 5.72 Å². The van der Waals surface area contributed by atoms with Gasteiger partial charge in [0.25, 0.3) is 0 Å². The number of aliphatic hydroxyl groups is 1. The minimum Gasteiger partial charge on any atom is -0.495 e. The number of rotatable bonds is 2. The lowest BCUT2D eigenvalue weighted by atomic mass is 9.43. The Labute approximate surface area is 310 Å². The summed E-state index contributed by atoms with van der Waals surface area (Å²) in [6, 6.07) is 15.8. The Kier molecular flexibility index (Phi) is 5.64. The maximum atomic E-state index is 14.0. The summed E-state index contributed by atoms with van der Waals surface area (Å²) in [7, 11) is 3.32. The predicted molar refractivity (Wildman–Crippen MR) is 196 cm³/mol. The summed E-state index contributed by atoms with van der Waals surface area (Å²) < 4.78 is 25.8. The van der Waals surface area contributed by atoms with Crippen LogP contribution in [0.4, 0.5) is 11.4 Å². The zero-order valence-corrected chi connectivity index (χ0v) is 30.9. The van der Waals surface area contributed by atoms with Gasteiger partial charge in [-0.05, 0) is 87.7 Å². The molecule has 278 valence electrons. The number of carbonyl (C=O) groups is 1. The van der Waals surface area contributed by atoms with Crippen molar-refractivity contribution in [2.75, 3.05) is 70.4 Å². The maximum absolute atomic E-state index is 14.0. The summed E-state index contributed by atoms with van der Waals surface area (Å²) in [6.45, 7) is 6.12. The van der Waals surface area contributed by atoms with E-state index in [2.05, 4.69) is 62.5 Å². The lowest BCUT2D eigenvalue weighted by Crippen LogP contribution is -2.81. The van der Waals surface area contributed by atoms with Crippen LogP contribution in [0.15, 0.2) is 53.7 Å². The maximum Gasteiger partial charge on any atom is 0.335 e. The van der Waals surface area contributed by atoms with Crippen molar-refractivity contribution < 1.29 is 28.8 Å². The van der Waals surface area contributed by atoms with Crippen molar-refractivity contribution in [2.24, 2.45) is 22.2 Å². The number of fused-ring (bicyclic) bond motifs is 4. The van der Waals surface area contributed by atoms with Gasteiger partial charge in [-0.15, -0.1) is 0 Å². The van der Waals surface area contributed by atoms with Crippen molar-refractivity contribution in [3.8, 4) is 5.75 Å². The Morgan fingerprint density at radius 1 is 0.887 bits per heavy atom. The molecule has 10 nitrogen and oxygen atoms in total. The van der Waals surface area contributed by atoms with Gasteiger partial charge >= 0.3 is 5.97 Å². The van der Waals surface area contributed by atoms with E-state index < -0.39 is 11.1 Å². The van der Waals surface area contributed by atoms with Crippen LogP contribution in [0.25, 0.3) is 0 Å². The number of ether oxygens (including phenoxy) is 4. The van der Waals surface area contributed by atoms with E-state index in [1.165, 1.54) is 18.2 Å². The molecule has 0 radical (unpaired) electrons. The summed E-state index contributed by atoms with van der Waals surface area (Å²) in [5, 5.41) is 17.8. The Hall–Kier alpha value is -3.15. The van der Waals surface area contributed by atoms with Crippen LogP contribution in [0, 0.1) is 22.2 Å². The Balaban J connectivity index is 1.02. The second-order valence-electron chi connectivity index (χ2n) is 18.9. The third-order valence-corrected chi connectivity index (χ3v) is 17.7. The molecule has 2 aromatic rings. The van der Waals surface area contributed by atoms with Crippen LogP contribution >= 0.6 is 0 Å². The molecule has 11 aliphatic rings. The second kappa shape index (κ2) is 9.62. The van der Waals surface area contributed by atoms with Crippen LogP contribution < -0.4 is 15.0 Å². The highest BCUT2D eigenvalue weighted by Crippen LogP contribution is 2.77. The third-order valence-electron chi connectivity index (χ3n) is 17.7. The SMILES string of the molecule is COC(=O)C1=C2Nc3ccccc3[C@@]23CCN2C[C@]4(C[C@@H]5C[C@]67CCO[C@H]6CCN6CC[C@@]8(c9cccc(OC)c9N(C4)[C@@]58O)[C@@H]67)[C@@H]4OCC[C@]4(C1)[C@H]23. The fraction of sp³-hybridized carbons (Fsp3) is 0.651. The van der Waals surface area contributed by atoms with Gasteiger partial charge in [-0.2, -0.15) is 0 Å². The van der Waals surface area contributed by atoms with Crippen LogP contribution in [-0.2, 0) is 29.8 Å². The topological polar surface area (TPSA) is 96.0 Å². The Morgan fingerprint density at radius 2 is 1.72 bits per heavy atom. The summed E-state index contributed by atoms with van der Waals surface area (Å²) >= 11 is 0. The highest BCUT2D eigenvalue weighted by Gasteiger charge is 2.83. The van der Waals surface area contributed by atoms with Crippen LogP contribution in [0.3, 0.4) is 0 Å². The largest absolute Gasteiger partial charge is 0.495 e. The van der Waals surface area contributed by atoms with E-state index in [4.69, 9.17) is 18.9 Å². The van der Waals surface area contributed by atoms with Crippen LogP contribution in [0.5, 0.6) is 5.75 Å². The van der Waals surface area contributed by atoms with Gasteiger partial charge in [0, 0.05) is 78.5 Å². The molecular weight excluding hydrogens is 668 g/mol. The summed E-state index contributed by atoms with van der Waals surface area (Å²) in [4.78, 5) is 22.0. The van der Waals surface area contributed by atoms with Gasteiger partial charge < -0.3 is 34.3 Å². The van der Waals surface area contributed by atoms with Crippen molar-refractivity contribution in [3.63, 3.8) is 0 Å². The summed E-state index contributed by atoms with van der Waals surface area (Å²) in [5.41, 5.74) is 4.37. The molecule has 10 heteroatoms. The number of para-hydroxylation sites is 2. The number of hydrogen-bond acceptors (Lipinski definition) is 10. The Morgan fingerprint density at radius 3 is 2.60 bits per heavy atom.